The SMILES string of the molecule is CC(C)=CCn1c(N2CCCC(NC(=O)OC(C)(C)C)C2)nc2c1c(=O)n(CC(=O)C(C)(C)C)c(=O)n2C. The molecule has 1 saturated heterocycles. The van der Waals surface area contributed by atoms with Gasteiger partial charge in [0.15, 0.2) is 16.9 Å². The third-order valence-corrected chi connectivity index (χ3v) is 6.46. The van der Waals surface area contributed by atoms with Crippen LogP contribution in [0.5, 0.6) is 0 Å². The number of ether oxygens (including phenoxy) is 1. The number of amides is 1. The second-order valence-corrected chi connectivity index (χ2v) is 12.3. The van der Waals surface area contributed by atoms with E-state index in [1.54, 1.807) is 32.4 Å². The van der Waals surface area contributed by atoms with Crippen molar-refractivity contribution in [2.75, 3.05) is 18.0 Å². The molecule has 0 bridgehead atoms. The number of anilines is 1. The lowest BCUT2D eigenvalue weighted by Crippen LogP contribution is -2.49. The number of aryl methyl sites for hydroxylation is 1. The first-order chi connectivity index (χ1) is 17.5. The summed E-state index contributed by atoms with van der Waals surface area (Å²) in [5.74, 6) is 0.332. The second kappa shape index (κ2) is 10.8. The van der Waals surface area contributed by atoms with Gasteiger partial charge in [0, 0.05) is 38.1 Å². The highest BCUT2D eigenvalue weighted by molar-refractivity contribution is 5.84. The highest BCUT2D eigenvalue weighted by Gasteiger charge is 2.30. The molecule has 0 aromatic carbocycles. The molecule has 2 aromatic heterocycles. The lowest BCUT2D eigenvalue weighted by Gasteiger charge is -2.34. The number of carbonyl (C=O) groups excluding carboxylic acids is 2. The number of fused-ring (bicyclic) bond motifs is 1. The molecule has 3 rings (SSSR count). The Hall–Kier alpha value is -3.37. The summed E-state index contributed by atoms with van der Waals surface area (Å²) < 4.78 is 9.56. The molecule has 210 valence electrons. The highest BCUT2D eigenvalue weighted by atomic mass is 16.6. The van der Waals surface area contributed by atoms with Crippen molar-refractivity contribution in [3.63, 3.8) is 0 Å². The van der Waals surface area contributed by atoms with Crippen molar-refractivity contribution in [3.8, 4) is 0 Å². The van der Waals surface area contributed by atoms with Gasteiger partial charge in [-0.3, -0.25) is 18.7 Å². The van der Waals surface area contributed by atoms with Gasteiger partial charge in [-0.15, -0.1) is 0 Å². The number of aromatic nitrogens is 4. The number of Topliss-reactive ketones (excluding diaryl/α,β-unsaturated/α-hetero) is 1. The highest BCUT2D eigenvalue weighted by Crippen LogP contribution is 2.24. The number of allylic oxidation sites excluding steroid dienone is 2. The van der Waals surface area contributed by atoms with E-state index in [0.717, 1.165) is 23.0 Å². The van der Waals surface area contributed by atoms with E-state index in [0.29, 0.717) is 25.6 Å². The summed E-state index contributed by atoms with van der Waals surface area (Å²) >= 11 is 0. The standard InChI is InChI=1S/C27H42N6O5/c1-17(2)12-14-32-20-21(30(9)25(37)33(22(20)35)16-19(34)26(3,4)5)29-23(32)31-13-10-11-18(15-31)28-24(36)38-27(6,7)8/h12,18H,10-11,13-16H2,1-9H3,(H,28,36). The fraction of sp³-hybridized carbons (Fsp3) is 0.667. The Morgan fingerprint density at radius 2 is 1.76 bits per heavy atom. The summed E-state index contributed by atoms with van der Waals surface area (Å²) in [5.41, 5.74) is -0.827. The molecule has 1 fully saturated rings. The summed E-state index contributed by atoms with van der Waals surface area (Å²) in [5, 5.41) is 2.94. The molecule has 0 saturated carbocycles. The molecule has 2 aromatic rings. The van der Waals surface area contributed by atoms with Crippen molar-refractivity contribution in [3.05, 3.63) is 32.5 Å². The average molecular weight is 531 g/mol. The molecule has 38 heavy (non-hydrogen) atoms. The summed E-state index contributed by atoms with van der Waals surface area (Å²) in [6, 6.07) is -0.166. The molecule has 0 spiro atoms. The fourth-order valence-corrected chi connectivity index (χ4v) is 4.32. The molecular formula is C27H42N6O5. The van der Waals surface area contributed by atoms with Crippen LogP contribution in [-0.4, -0.2) is 55.3 Å². The zero-order valence-electron chi connectivity index (χ0n) is 24.2. The third-order valence-electron chi connectivity index (χ3n) is 6.46. The summed E-state index contributed by atoms with van der Waals surface area (Å²) in [6.45, 7) is 15.9. The number of nitrogens with one attached hydrogen (secondary N) is 1. The van der Waals surface area contributed by atoms with Crippen LogP contribution < -0.4 is 21.5 Å². The molecule has 1 N–H and O–H groups in total. The van der Waals surface area contributed by atoms with Gasteiger partial charge >= 0.3 is 11.8 Å². The molecular weight excluding hydrogens is 488 g/mol. The smallest absolute Gasteiger partial charge is 0.407 e. The number of ketones is 1. The number of piperidine rings is 1. The van der Waals surface area contributed by atoms with E-state index in [1.807, 2.05) is 45.6 Å². The van der Waals surface area contributed by atoms with Crippen molar-refractivity contribution < 1.29 is 14.3 Å². The molecule has 1 amide bonds. The third kappa shape index (κ3) is 6.54. The largest absolute Gasteiger partial charge is 0.444 e. The van der Waals surface area contributed by atoms with Crippen LogP contribution in [0.25, 0.3) is 11.2 Å². The van der Waals surface area contributed by atoms with Crippen molar-refractivity contribution in [1.82, 2.24) is 24.0 Å². The summed E-state index contributed by atoms with van der Waals surface area (Å²) in [4.78, 5) is 58.8. The Balaban J connectivity index is 2.09. The zero-order valence-corrected chi connectivity index (χ0v) is 24.2. The van der Waals surface area contributed by atoms with E-state index in [4.69, 9.17) is 9.72 Å². The molecule has 1 aliphatic heterocycles. The van der Waals surface area contributed by atoms with Gasteiger partial charge in [0.25, 0.3) is 5.56 Å². The molecule has 1 atom stereocenters. The summed E-state index contributed by atoms with van der Waals surface area (Å²) in [7, 11) is 1.56. The van der Waals surface area contributed by atoms with Gasteiger partial charge in [0.1, 0.15) is 5.60 Å². The molecule has 3 heterocycles. The molecule has 1 unspecified atom stereocenters. The minimum absolute atomic E-state index is 0.166. The number of carbonyl (C=O) groups is 2. The van der Waals surface area contributed by atoms with E-state index in [-0.39, 0.29) is 29.5 Å². The number of imidazole rings is 1. The average Bonchev–Trinajstić information content (AvgIpc) is 3.17. The maximum absolute atomic E-state index is 13.7. The van der Waals surface area contributed by atoms with Crippen LogP contribution in [0.2, 0.25) is 0 Å². The van der Waals surface area contributed by atoms with Crippen LogP contribution in [0.4, 0.5) is 10.7 Å². The van der Waals surface area contributed by atoms with Crippen LogP contribution >= 0.6 is 0 Å². The number of rotatable bonds is 6. The topological polar surface area (TPSA) is 120 Å². The van der Waals surface area contributed by atoms with E-state index in [9.17, 15) is 19.2 Å². The molecule has 11 nitrogen and oxygen atoms in total. The first-order valence-corrected chi connectivity index (χ1v) is 13.1. The van der Waals surface area contributed by atoms with Gasteiger partial charge in [-0.2, -0.15) is 4.98 Å². The van der Waals surface area contributed by atoms with Crippen LogP contribution in [-0.2, 0) is 29.7 Å². The van der Waals surface area contributed by atoms with Crippen LogP contribution in [0.3, 0.4) is 0 Å². The Morgan fingerprint density at radius 1 is 1.11 bits per heavy atom. The number of hydrogen-bond acceptors (Lipinski definition) is 7. The number of hydrogen-bond donors (Lipinski definition) is 1. The minimum atomic E-state index is -0.698. The second-order valence-electron chi connectivity index (χ2n) is 12.3. The van der Waals surface area contributed by atoms with Crippen molar-refractivity contribution in [2.45, 2.75) is 93.0 Å². The Labute approximate surface area is 223 Å². The fourth-order valence-electron chi connectivity index (χ4n) is 4.32. The van der Waals surface area contributed by atoms with Crippen molar-refractivity contribution in [1.29, 1.82) is 0 Å². The quantitative estimate of drug-likeness (QED) is 0.570. The normalized spacial score (nSPS) is 16.4. The van der Waals surface area contributed by atoms with Crippen molar-refractivity contribution in [2.24, 2.45) is 12.5 Å². The van der Waals surface area contributed by atoms with E-state index in [1.165, 1.54) is 4.57 Å². The van der Waals surface area contributed by atoms with Gasteiger partial charge < -0.3 is 19.5 Å². The lowest BCUT2D eigenvalue weighted by molar-refractivity contribution is -0.127. The Morgan fingerprint density at radius 3 is 2.34 bits per heavy atom. The zero-order chi connectivity index (χ0) is 28.6. The van der Waals surface area contributed by atoms with Gasteiger partial charge in [0.05, 0.1) is 6.54 Å². The molecule has 0 radical (unpaired) electrons. The first-order valence-electron chi connectivity index (χ1n) is 13.1. The van der Waals surface area contributed by atoms with Gasteiger partial charge in [-0.05, 0) is 47.5 Å². The number of alkyl carbamates (subject to hydrolysis) is 1. The van der Waals surface area contributed by atoms with E-state index < -0.39 is 28.4 Å². The van der Waals surface area contributed by atoms with Crippen molar-refractivity contribution >= 4 is 29.0 Å². The maximum Gasteiger partial charge on any atom is 0.407 e. The Bertz CT molecular complexity index is 1360. The van der Waals surface area contributed by atoms with Crippen LogP contribution in [0, 0.1) is 5.41 Å². The molecule has 0 aliphatic carbocycles. The van der Waals surface area contributed by atoms with Gasteiger partial charge in [-0.25, -0.2) is 9.59 Å². The maximum atomic E-state index is 13.7. The summed E-state index contributed by atoms with van der Waals surface area (Å²) in [6.07, 6.45) is 3.09. The Kier molecular flexibility index (Phi) is 8.28. The van der Waals surface area contributed by atoms with E-state index in [2.05, 4.69) is 5.32 Å². The first kappa shape index (κ1) is 29.2. The lowest BCUT2D eigenvalue weighted by atomic mass is 9.91. The van der Waals surface area contributed by atoms with Crippen LogP contribution in [0.1, 0.15) is 68.2 Å². The van der Waals surface area contributed by atoms with Gasteiger partial charge in [-0.1, -0.05) is 32.4 Å². The minimum Gasteiger partial charge on any atom is -0.444 e. The predicted octanol–water partition coefficient (Wildman–Crippen LogP) is 2.97. The van der Waals surface area contributed by atoms with Crippen LogP contribution in [0.15, 0.2) is 21.2 Å². The molecule has 11 heteroatoms. The van der Waals surface area contributed by atoms with Gasteiger partial charge in [0.2, 0.25) is 5.95 Å². The monoisotopic (exact) mass is 530 g/mol. The van der Waals surface area contributed by atoms with E-state index >= 15 is 0 Å². The molecule has 1 aliphatic rings. The number of nitrogens with zero attached hydrogens (tertiary/aromatic N) is 5. The predicted molar refractivity (Wildman–Crippen MR) is 148 cm³/mol.